The Labute approximate surface area is 230 Å². The average molecular weight is 548 g/mol. The van der Waals surface area contributed by atoms with E-state index in [9.17, 15) is 4.79 Å². The lowest BCUT2D eigenvalue weighted by Gasteiger charge is -2.17. The highest BCUT2D eigenvalue weighted by atomic mass is 16.6. The van der Waals surface area contributed by atoms with Gasteiger partial charge in [-0.2, -0.15) is 0 Å². The van der Waals surface area contributed by atoms with Crippen LogP contribution in [0.2, 0.25) is 0 Å². The lowest BCUT2D eigenvalue weighted by atomic mass is 9.91. The Morgan fingerprint density at radius 2 is 1.10 bits per heavy atom. The van der Waals surface area contributed by atoms with Crippen LogP contribution in [0.4, 0.5) is 5.69 Å². The van der Waals surface area contributed by atoms with Gasteiger partial charge in [0, 0.05) is 17.6 Å². The first-order valence-electron chi connectivity index (χ1n) is 13.5. The van der Waals surface area contributed by atoms with E-state index >= 15 is 0 Å². The van der Waals surface area contributed by atoms with Crippen molar-refractivity contribution in [3.05, 3.63) is 47.5 Å². The predicted molar refractivity (Wildman–Crippen MR) is 149 cm³/mol. The second kappa shape index (κ2) is 19.6. The van der Waals surface area contributed by atoms with Gasteiger partial charge in [0.2, 0.25) is 0 Å². The number of ether oxygens (including phenoxy) is 7. The van der Waals surface area contributed by atoms with Crippen molar-refractivity contribution in [2.75, 3.05) is 111 Å². The van der Waals surface area contributed by atoms with E-state index in [2.05, 4.69) is 5.32 Å². The molecule has 0 spiro atoms. The van der Waals surface area contributed by atoms with E-state index in [1.54, 1.807) is 6.08 Å². The van der Waals surface area contributed by atoms with Crippen LogP contribution in [0.3, 0.4) is 0 Å². The fraction of sp³-hybridized carbons (Fsp3) is 0.552. The molecule has 2 aromatic rings. The number of rotatable bonds is 24. The maximum Gasteiger partial charge on any atom is 0.188 e. The molecule has 0 bridgehead atoms. The number of nitrogens with one attached hydrogen (secondary N) is 1. The molecule has 0 amide bonds. The Morgan fingerprint density at radius 1 is 0.590 bits per heavy atom. The van der Waals surface area contributed by atoms with Gasteiger partial charge in [0.1, 0.15) is 0 Å². The summed E-state index contributed by atoms with van der Waals surface area (Å²) in [5, 5.41) is 14.0. The Balaban J connectivity index is 1.08. The topological polar surface area (TPSA) is 114 Å². The summed E-state index contributed by atoms with van der Waals surface area (Å²) < 4.78 is 37.9. The predicted octanol–water partition coefficient (Wildman–Crippen LogP) is 2.57. The van der Waals surface area contributed by atoms with Crippen molar-refractivity contribution in [2.45, 2.75) is 0 Å². The van der Waals surface area contributed by atoms with E-state index in [1.807, 2.05) is 36.4 Å². The van der Waals surface area contributed by atoms with Crippen LogP contribution in [0.25, 0.3) is 16.8 Å². The summed E-state index contributed by atoms with van der Waals surface area (Å²) in [6.07, 6.45) is 3.51. The van der Waals surface area contributed by atoms with Crippen molar-refractivity contribution in [3.8, 4) is 0 Å². The lowest BCUT2D eigenvalue weighted by molar-refractivity contribution is -0.0212. The molecule has 0 radical (unpaired) electrons. The minimum absolute atomic E-state index is 0.0228. The fourth-order valence-corrected chi connectivity index (χ4v) is 3.94. The third-order valence-corrected chi connectivity index (χ3v) is 5.77. The number of anilines is 1. The number of allylic oxidation sites excluding steroid dienone is 1. The van der Waals surface area contributed by atoms with Crippen LogP contribution in [0.1, 0.15) is 15.9 Å². The molecule has 0 atom stereocenters. The van der Waals surface area contributed by atoms with Crippen molar-refractivity contribution < 1.29 is 43.1 Å². The molecule has 0 saturated carbocycles. The average Bonchev–Trinajstić information content (AvgIpc) is 2.95. The smallest absolute Gasteiger partial charge is 0.188 e. The minimum atomic E-state index is 0.0228. The Morgan fingerprint density at radius 3 is 1.64 bits per heavy atom. The molecular weight excluding hydrogens is 506 g/mol. The monoisotopic (exact) mass is 547 g/mol. The first kappa shape index (κ1) is 31.1. The van der Waals surface area contributed by atoms with Gasteiger partial charge in [-0.25, -0.2) is 0 Å². The van der Waals surface area contributed by atoms with Gasteiger partial charge in [0.15, 0.2) is 5.78 Å². The van der Waals surface area contributed by atoms with E-state index in [1.165, 1.54) is 0 Å². The quantitative estimate of drug-likeness (QED) is 0.190. The zero-order chi connectivity index (χ0) is 27.4. The van der Waals surface area contributed by atoms with Gasteiger partial charge in [-0.1, -0.05) is 30.3 Å². The number of carbonyl (C=O) groups excluding carboxylic acids is 1. The molecule has 2 aromatic carbocycles. The van der Waals surface area contributed by atoms with Gasteiger partial charge >= 0.3 is 0 Å². The summed E-state index contributed by atoms with van der Waals surface area (Å²) in [5.74, 6) is 0.0228. The third kappa shape index (κ3) is 11.7. The van der Waals surface area contributed by atoms with E-state index in [0.29, 0.717) is 99.0 Å². The zero-order valence-electron chi connectivity index (χ0n) is 22.6. The molecule has 0 fully saturated rings. The van der Waals surface area contributed by atoms with Gasteiger partial charge < -0.3 is 43.6 Å². The first-order chi connectivity index (χ1) is 19.3. The van der Waals surface area contributed by atoms with E-state index in [-0.39, 0.29) is 12.4 Å². The molecule has 1 aliphatic rings. The summed E-state index contributed by atoms with van der Waals surface area (Å²) in [4.78, 5) is 12.5. The number of benzene rings is 2. The van der Waals surface area contributed by atoms with Crippen LogP contribution in [0.15, 0.2) is 36.4 Å². The van der Waals surface area contributed by atoms with Crippen LogP contribution < -0.4 is 5.32 Å². The number of hydrogen-bond acceptors (Lipinski definition) is 10. The van der Waals surface area contributed by atoms with Gasteiger partial charge in [-0.05, 0) is 23.1 Å². The Kier molecular flexibility index (Phi) is 15.7. The number of aliphatic hydroxyl groups is 1. The zero-order valence-corrected chi connectivity index (χ0v) is 22.6. The molecule has 10 nitrogen and oxygen atoms in total. The van der Waals surface area contributed by atoms with Crippen LogP contribution >= 0.6 is 0 Å². The summed E-state index contributed by atoms with van der Waals surface area (Å²) >= 11 is 0. The molecule has 0 unspecified atom stereocenters. The summed E-state index contributed by atoms with van der Waals surface area (Å²) in [6, 6.07) is 10.1. The van der Waals surface area contributed by atoms with Crippen molar-refractivity contribution in [1.29, 1.82) is 0 Å². The van der Waals surface area contributed by atoms with Crippen LogP contribution in [-0.4, -0.2) is 117 Å². The maximum absolute atomic E-state index is 12.5. The molecule has 3 rings (SSSR count). The number of aliphatic hydroxyl groups excluding tert-OH is 1. The molecule has 10 heteroatoms. The first-order valence-corrected chi connectivity index (χ1v) is 13.5. The lowest BCUT2D eigenvalue weighted by Crippen LogP contribution is -2.16. The molecular formula is C29H41NO9. The Hall–Kier alpha value is -2.41. The molecule has 2 N–H and O–H groups in total. The SMILES string of the molecule is O=C1C=Cc2cccc3ccc(NCCOCCOCCOCCOCCOCCOCCOCCO)c1c23. The molecule has 0 aromatic heterocycles. The van der Waals surface area contributed by atoms with E-state index in [4.69, 9.17) is 38.3 Å². The maximum atomic E-state index is 12.5. The van der Waals surface area contributed by atoms with Gasteiger partial charge in [0.05, 0.1) is 105 Å². The van der Waals surface area contributed by atoms with Crippen LogP contribution in [0, 0.1) is 0 Å². The summed E-state index contributed by atoms with van der Waals surface area (Å²) in [7, 11) is 0. The van der Waals surface area contributed by atoms with Crippen LogP contribution in [0.5, 0.6) is 0 Å². The number of ketones is 1. The Bertz CT molecular complexity index is 998. The van der Waals surface area contributed by atoms with Gasteiger partial charge in [-0.3, -0.25) is 4.79 Å². The summed E-state index contributed by atoms with van der Waals surface area (Å²) in [6.45, 7) is 7.40. The molecule has 0 heterocycles. The second-order valence-electron chi connectivity index (χ2n) is 8.57. The standard InChI is InChI=1S/C29H41NO9/c31-9-11-34-13-15-36-17-19-38-21-23-39-22-20-37-18-16-35-14-12-33-10-8-30-26-6-4-24-2-1-3-25-5-7-27(32)29(26)28(24)25/h1-7,30-31H,8-23H2. The minimum Gasteiger partial charge on any atom is -0.394 e. The van der Waals surface area contributed by atoms with Crippen molar-refractivity contribution in [3.63, 3.8) is 0 Å². The van der Waals surface area contributed by atoms with Crippen LogP contribution in [-0.2, 0) is 33.2 Å². The molecule has 39 heavy (non-hydrogen) atoms. The van der Waals surface area contributed by atoms with Crippen molar-refractivity contribution in [2.24, 2.45) is 0 Å². The highest BCUT2D eigenvalue weighted by molar-refractivity contribution is 6.23. The highest BCUT2D eigenvalue weighted by Crippen LogP contribution is 2.33. The molecule has 216 valence electrons. The second-order valence-corrected chi connectivity index (χ2v) is 8.57. The largest absolute Gasteiger partial charge is 0.394 e. The molecule has 1 aliphatic carbocycles. The number of carbonyl (C=O) groups is 1. The van der Waals surface area contributed by atoms with Gasteiger partial charge in [-0.15, -0.1) is 0 Å². The van der Waals surface area contributed by atoms with E-state index in [0.717, 1.165) is 27.6 Å². The van der Waals surface area contributed by atoms with Gasteiger partial charge in [0.25, 0.3) is 0 Å². The van der Waals surface area contributed by atoms with Crippen molar-refractivity contribution >= 4 is 28.3 Å². The number of hydrogen-bond donors (Lipinski definition) is 2. The highest BCUT2D eigenvalue weighted by Gasteiger charge is 2.18. The molecule has 0 saturated heterocycles. The normalized spacial score (nSPS) is 12.5. The fourth-order valence-electron chi connectivity index (χ4n) is 3.94. The third-order valence-electron chi connectivity index (χ3n) is 5.77. The molecule has 0 aliphatic heterocycles. The van der Waals surface area contributed by atoms with Crippen molar-refractivity contribution in [1.82, 2.24) is 0 Å². The van der Waals surface area contributed by atoms with E-state index < -0.39 is 0 Å². The summed E-state index contributed by atoms with van der Waals surface area (Å²) in [5.41, 5.74) is 2.63.